The molecule has 0 bridgehead atoms. The zero-order valence-corrected chi connectivity index (χ0v) is 8.45. The zero-order valence-electron chi connectivity index (χ0n) is 7.63. The Bertz CT molecular complexity index is 276. The Labute approximate surface area is 78.7 Å². The van der Waals surface area contributed by atoms with Gasteiger partial charge in [-0.25, -0.2) is 0 Å². The predicted octanol–water partition coefficient (Wildman–Crippen LogP) is 3.79. The minimum atomic E-state index is 1.10. The normalized spacial score (nSPS) is 9.83. The highest BCUT2D eigenvalue weighted by molar-refractivity contribution is 8.02. The van der Waals surface area contributed by atoms with Gasteiger partial charge in [0.15, 0.2) is 0 Å². The second kappa shape index (κ2) is 4.36. The van der Waals surface area contributed by atoms with Crippen LogP contribution in [0.5, 0.6) is 0 Å². The van der Waals surface area contributed by atoms with Crippen LogP contribution in [-0.2, 0) is 6.42 Å². The van der Waals surface area contributed by atoms with Gasteiger partial charge in [0.25, 0.3) is 0 Å². The third kappa shape index (κ3) is 2.15. The van der Waals surface area contributed by atoms with Crippen molar-refractivity contribution in [3.05, 3.63) is 41.3 Å². The molecule has 1 aromatic carbocycles. The Hall–Kier alpha value is -0.690. The van der Waals surface area contributed by atoms with Crippen molar-refractivity contribution in [2.45, 2.75) is 25.2 Å². The highest BCUT2D eigenvalue weighted by Gasteiger charge is 1.97. The minimum absolute atomic E-state index is 1.10. The lowest BCUT2D eigenvalue weighted by atomic mass is 10.1. The van der Waals surface area contributed by atoms with E-state index in [2.05, 4.69) is 38.6 Å². The first-order valence-electron chi connectivity index (χ1n) is 4.15. The summed E-state index contributed by atoms with van der Waals surface area (Å²) in [6, 6.07) is 6.59. The number of aryl methyl sites for hydroxylation is 2. The summed E-state index contributed by atoms with van der Waals surface area (Å²) in [6.07, 6.45) is 1.10. The maximum atomic E-state index is 3.72. The number of rotatable bonds is 3. The first-order chi connectivity index (χ1) is 5.77. The summed E-state index contributed by atoms with van der Waals surface area (Å²) in [5, 5.41) is 1.88. The first-order valence-corrected chi connectivity index (χ1v) is 5.03. The van der Waals surface area contributed by atoms with Gasteiger partial charge >= 0.3 is 0 Å². The molecule has 12 heavy (non-hydrogen) atoms. The maximum Gasteiger partial charge on any atom is 0.0148 e. The fourth-order valence-corrected chi connectivity index (χ4v) is 1.73. The Balaban J connectivity index is 2.99. The minimum Gasteiger partial charge on any atom is -0.0984 e. The lowest BCUT2D eigenvalue weighted by Crippen LogP contribution is -1.83. The van der Waals surface area contributed by atoms with E-state index < -0.39 is 0 Å². The van der Waals surface area contributed by atoms with Gasteiger partial charge in [-0.15, -0.1) is 0 Å². The van der Waals surface area contributed by atoms with E-state index in [1.165, 1.54) is 16.0 Å². The molecule has 0 amide bonds. The molecule has 0 saturated heterocycles. The smallest absolute Gasteiger partial charge is 0.0148 e. The van der Waals surface area contributed by atoms with Gasteiger partial charge in [-0.2, -0.15) is 0 Å². The summed E-state index contributed by atoms with van der Waals surface area (Å²) in [7, 11) is 0. The van der Waals surface area contributed by atoms with E-state index in [0.29, 0.717) is 0 Å². The van der Waals surface area contributed by atoms with Crippen LogP contribution < -0.4 is 0 Å². The van der Waals surface area contributed by atoms with Crippen LogP contribution in [0.25, 0.3) is 0 Å². The fourth-order valence-electron chi connectivity index (χ4n) is 1.08. The van der Waals surface area contributed by atoms with E-state index in [-0.39, 0.29) is 0 Å². The van der Waals surface area contributed by atoms with E-state index in [0.717, 1.165) is 6.42 Å². The van der Waals surface area contributed by atoms with Gasteiger partial charge in [0, 0.05) is 4.90 Å². The van der Waals surface area contributed by atoms with Gasteiger partial charge in [0.1, 0.15) is 0 Å². The second-order valence-corrected chi connectivity index (χ2v) is 3.75. The highest BCUT2D eigenvalue weighted by atomic mass is 32.2. The van der Waals surface area contributed by atoms with Crippen LogP contribution in [0.3, 0.4) is 0 Å². The van der Waals surface area contributed by atoms with Gasteiger partial charge in [-0.1, -0.05) is 37.4 Å². The predicted molar refractivity (Wildman–Crippen MR) is 56.6 cm³/mol. The number of hydrogen-bond acceptors (Lipinski definition) is 1. The van der Waals surface area contributed by atoms with Gasteiger partial charge < -0.3 is 0 Å². The molecule has 0 radical (unpaired) electrons. The lowest BCUT2D eigenvalue weighted by molar-refractivity contribution is 1.11. The van der Waals surface area contributed by atoms with Crippen molar-refractivity contribution in [2.75, 3.05) is 0 Å². The molecular weight excluding hydrogens is 164 g/mol. The molecule has 64 valence electrons. The van der Waals surface area contributed by atoms with Crippen molar-refractivity contribution >= 4 is 11.8 Å². The average Bonchev–Trinajstić information content (AvgIpc) is 2.09. The van der Waals surface area contributed by atoms with Gasteiger partial charge in [0.2, 0.25) is 0 Å². The molecular formula is C11H14S. The Morgan fingerprint density at radius 1 is 1.50 bits per heavy atom. The molecule has 1 aromatic rings. The molecule has 0 aliphatic carbocycles. The molecule has 0 aliphatic heterocycles. The fraction of sp³-hybridized carbons (Fsp3) is 0.273. The van der Waals surface area contributed by atoms with Crippen molar-refractivity contribution in [3.63, 3.8) is 0 Å². The molecule has 1 rings (SSSR count). The monoisotopic (exact) mass is 178 g/mol. The standard InChI is InChI=1S/C11H14S/c1-4-10-7-6-9(3)11(8-10)12-5-2/h5-8H,2,4H2,1,3H3. The van der Waals surface area contributed by atoms with Crippen LogP contribution in [0.1, 0.15) is 18.1 Å². The quantitative estimate of drug-likeness (QED) is 0.634. The Kier molecular flexibility index (Phi) is 3.42. The van der Waals surface area contributed by atoms with Gasteiger partial charge in [-0.05, 0) is 35.9 Å². The van der Waals surface area contributed by atoms with Crippen LogP contribution in [0.15, 0.2) is 35.1 Å². The van der Waals surface area contributed by atoms with E-state index >= 15 is 0 Å². The maximum absolute atomic E-state index is 3.72. The molecule has 0 heterocycles. The lowest BCUT2D eigenvalue weighted by Gasteiger charge is -2.04. The molecule has 0 saturated carbocycles. The first kappa shape index (κ1) is 9.40. The zero-order chi connectivity index (χ0) is 8.97. The molecule has 0 unspecified atom stereocenters. The van der Waals surface area contributed by atoms with Crippen molar-refractivity contribution in [1.29, 1.82) is 0 Å². The largest absolute Gasteiger partial charge is 0.0984 e. The molecule has 1 heteroatoms. The van der Waals surface area contributed by atoms with Crippen molar-refractivity contribution in [3.8, 4) is 0 Å². The highest BCUT2D eigenvalue weighted by Crippen LogP contribution is 2.24. The summed E-state index contributed by atoms with van der Waals surface area (Å²) in [5.41, 5.74) is 2.72. The third-order valence-electron chi connectivity index (χ3n) is 1.87. The van der Waals surface area contributed by atoms with Gasteiger partial charge in [0.05, 0.1) is 0 Å². The van der Waals surface area contributed by atoms with Crippen LogP contribution >= 0.6 is 11.8 Å². The topological polar surface area (TPSA) is 0 Å². The third-order valence-corrected chi connectivity index (χ3v) is 2.73. The molecule has 0 aliphatic rings. The van der Waals surface area contributed by atoms with Gasteiger partial charge in [-0.3, -0.25) is 0 Å². The van der Waals surface area contributed by atoms with Crippen LogP contribution in [0.4, 0.5) is 0 Å². The summed E-state index contributed by atoms with van der Waals surface area (Å²) in [4.78, 5) is 1.32. The molecule has 0 aromatic heterocycles. The Morgan fingerprint density at radius 2 is 2.25 bits per heavy atom. The number of benzene rings is 1. The summed E-state index contributed by atoms with van der Waals surface area (Å²) in [6.45, 7) is 8.02. The summed E-state index contributed by atoms with van der Waals surface area (Å²) >= 11 is 1.70. The second-order valence-electron chi connectivity index (χ2n) is 2.74. The van der Waals surface area contributed by atoms with Crippen molar-refractivity contribution < 1.29 is 0 Å². The Morgan fingerprint density at radius 3 is 2.83 bits per heavy atom. The number of thioether (sulfide) groups is 1. The summed E-state index contributed by atoms with van der Waals surface area (Å²) < 4.78 is 0. The van der Waals surface area contributed by atoms with E-state index in [4.69, 9.17) is 0 Å². The van der Waals surface area contributed by atoms with E-state index in [9.17, 15) is 0 Å². The van der Waals surface area contributed by atoms with Crippen molar-refractivity contribution in [2.24, 2.45) is 0 Å². The average molecular weight is 178 g/mol. The molecule has 0 fully saturated rings. The SMILES string of the molecule is C=CSc1cc(CC)ccc1C. The molecule has 0 nitrogen and oxygen atoms in total. The van der Waals surface area contributed by atoms with E-state index in [1.54, 1.807) is 11.8 Å². The number of hydrogen-bond donors (Lipinski definition) is 0. The van der Waals surface area contributed by atoms with Crippen LogP contribution in [0.2, 0.25) is 0 Å². The van der Waals surface area contributed by atoms with Crippen LogP contribution in [-0.4, -0.2) is 0 Å². The van der Waals surface area contributed by atoms with Crippen LogP contribution in [0, 0.1) is 6.92 Å². The molecule has 0 spiro atoms. The molecule has 0 N–H and O–H groups in total. The van der Waals surface area contributed by atoms with Crippen molar-refractivity contribution in [1.82, 2.24) is 0 Å². The summed E-state index contributed by atoms with van der Waals surface area (Å²) in [5.74, 6) is 0. The molecule has 0 atom stereocenters. The van der Waals surface area contributed by atoms with E-state index in [1.807, 2.05) is 5.41 Å².